The SMILES string of the molecule is Nc1ccc(C(=O)NCC2CCCC2)cn1. The quantitative estimate of drug-likeness (QED) is 0.811. The third-order valence-electron chi connectivity index (χ3n) is 3.07. The number of carbonyl (C=O) groups is 1. The molecule has 3 N–H and O–H groups in total. The van der Waals surface area contributed by atoms with E-state index < -0.39 is 0 Å². The van der Waals surface area contributed by atoms with Gasteiger partial charge in [-0.1, -0.05) is 12.8 Å². The molecule has 0 bridgehead atoms. The average molecular weight is 219 g/mol. The second kappa shape index (κ2) is 4.96. The number of anilines is 1. The zero-order chi connectivity index (χ0) is 11.4. The Labute approximate surface area is 95.3 Å². The van der Waals surface area contributed by atoms with Crippen molar-refractivity contribution in [2.24, 2.45) is 5.92 Å². The van der Waals surface area contributed by atoms with Crippen LogP contribution in [0.15, 0.2) is 18.3 Å². The molecule has 1 aliphatic rings. The minimum atomic E-state index is -0.0561. The van der Waals surface area contributed by atoms with E-state index in [1.165, 1.54) is 31.9 Å². The molecule has 0 unspecified atom stereocenters. The normalized spacial score (nSPS) is 16.2. The van der Waals surface area contributed by atoms with Crippen molar-refractivity contribution >= 4 is 11.7 Å². The van der Waals surface area contributed by atoms with Crippen LogP contribution in [0.3, 0.4) is 0 Å². The lowest BCUT2D eigenvalue weighted by molar-refractivity contribution is 0.0947. The first kappa shape index (κ1) is 10.9. The Kier molecular flexibility index (Phi) is 3.39. The van der Waals surface area contributed by atoms with Gasteiger partial charge in [0.25, 0.3) is 5.91 Å². The van der Waals surface area contributed by atoms with Crippen molar-refractivity contribution in [3.63, 3.8) is 0 Å². The van der Waals surface area contributed by atoms with Gasteiger partial charge in [-0.15, -0.1) is 0 Å². The maximum atomic E-state index is 11.7. The molecule has 1 fully saturated rings. The Bertz CT molecular complexity index is 355. The van der Waals surface area contributed by atoms with Crippen LogP contribution in [-0.4, -0.2) is 17.4 Å². The summed E-state index contributed by atoms with van der Waals surface area (Å²) in [7, 11) is 0. The number of hydrogen-bond donors (Lipinski definition) is 2. The molecule has 1 amide bonds. The Morgan fingerprint density at radius 2 is 2.19 bits per heavy atom. The summed E-state index contributed by atoms with van der Waals surface area (Å²) in [6.07, 6.45) is 6.58. The Morgan fingerprint density at radius 1 is 1.44 bits per heavy atom. The van der Waals surface area contributed by atoms with Crippen LogP contribution in [0.25, 0.3) is 0 Å². The maximum absolute atomic E-state index is 11.7. The van der Waals surface area contributed by atoms with Crippen molar-refractivity contribution in [1.29, 1.82) is 0 Å². The Balaban J connectivity index is 1.85. The summed E-state index contributed by atoms with van der Waals surface area (Å²) in [5, 5.41) is 2.94. The maximum Gasteiger partial charge on any atom is 0.252 e. The van der Waals surface area contributed by atoms with Crippen LogP contribution < -0.4 is 11.1 Å². The van der Waals surface area contributed by atoms with Crippen molar-refractivity contribution in [2.45, 2.75) is 25.7 Å². The summed E-state index contributed by atoms with van der Waals surface area (Å²) in [6.45, 7) is 0.781. The largest absolute Gasteiger partial charge is 0.384 e. The van der Waals surface area contributed by atoms with Gasteiger partial charge in [-0.05, 0) is 30.9 Å². The molecule has 86 valence electrons. The lowest BCUT2D eigenvalue weighted by Gasteiger charge is -2.10. The third kappa shape index (κ3) is 2.72. The Morgan fingerprint density at radius 3 is 2.81 bits per heavy atom. The first-order valence-electron chi connectivity index (χ1n) is 5.75. The van der Waals surface area contributed by atoms with E-state index >= 15 is 0 Å². The summed E-state index contributed by atoms with van der Waals surface area (Å²) in [4.78, 5) is 15.6. The fourth-order valence-corrected chi connectivity index (χ4v) is 2.09. The fraction of sp³-hybridized carbons (Fsp3) is 0.500. The smallest absolute Gasteiger partial charge is 0.252 e. The summed E-state index contributed by atoms with van der Waals surface area (Å²) in [6, 6.07) is 3.34. The minimum Gasteiger partial charge on any atom is -0.384 e. The first-order valence-corrected chi connectivity index (χ1v) is 5.75. The number of rotatable bonds is 3. The van der Waals surface area contributed by atoms with Gasteiger partial charge in [-0.3, -0.25) is 4.79 Å². The van der Waals surface area contributed by atoms with Crippen molar-refractivity contribution in [2.75, 3.05) is 12.3 Å². The van der Waals surface area contributed by atoms with Gasteiger partial charge in [-0.25, -0.2) is 4.98 Å². The molecule has 1 aromatic rings. The number of aromatic nitrogens is 1. The minimum absolute atomic E-state index is 0.0561. The molecule has 1 saturated carbocycles. The van der Waals surface area contributed by atoms with Crippen LogP contribution in [0.5, 0.6) is 0 Å². The first-order chi connectivity index (χ1) is 7.75. The zero-order valence-corrected chi connectivity index (χ0v) is 9.28. The van der Waals surface area contributed by atoms with E-state index in [9.17, 15) is 4.79 Å². The molecule has 16 heavy (non-hydrogen) atoms. The van der Waals surface area contributed by atoms with Crippen LogP contribution in [0.1, 0.15) is 36.0 Å². The van der Waals surface area contributed by atoms with E-state index in [1.807, 2.05) is 0 Å². The number of carbonyl (C=O) groups excluding carboxylic acids is 1. The zero-order valence-electron chi connectivity index (χ0n) is 9.28. The van der Waals surface area contributed by atoms with Crippen molar-refractivity contribution in [1.82, 2.24) is 10.3 Å². The number of nitrogen functional groups attached to an aromatic ring is 1. The average Bonchev–Trinajstić information content (AvgIpc) is 2.80. The van der Waals surface area contributed by atoms with E-state index in [1.54, 1.807) is 12.1 Å². The van der Waals surface area contributed by atoms with Gasteiger partial charge in [0.2, 0.25) is 0 Å². The van der Waals surface area contributed by atoms with Gasteiger partial charge in [0.15, 0.2) is 0 Å². The van der Waals surface area contributed by atoms with Crippen LogP contribution in [0.4, 0.5) is 5.82 Å². The molecule has 4 heteroatoms. The standard InChI is InChI=1S/C12H17N3O/c13-11-6-5-10(8-14-11)12(16)15-7-9-3-1-2-4-9/h5-6,8-9H,1-4,7H2,(H2,13,14)(H,15,16). The highest BCUT2D eigenvalue weighted by molar-refractivity contribution is 5.93. The molecule has 2 rings (SSSR count). The summed E-state index contributed by atoms with van der Waals surface area (Å²) in [5.41, 5.74) is 6.03. The van der Waals surface area contributed by atoms with Crippen LogP contribution >= 0.6 is 0 Å². The summed E-state index contributed by atoms with van der Waals surface area (Å²) in [5.74, 6) is 1.04. The van der Waals surface area contributed by atoms with Gasteiger partial charge >= 0.3 is 0 Å². The molecule has 0 aliphatic heterocycles. The van der Waals surface area contributed by atoms with Crippen molar-refractivity contribution in [3.8, 4) is 0 Å². The van der Waals surface area contributed by atoms with Gasteiger partial charge in [0, 0.05) is 12.7 Å². The molecule has 0 radical (unpaired) electrons. The highest BCUT2D eigenvalue weighted by Crippen LogP contribution is 2.23. The number of hydrogen-bond acceptors (Lipinski definition) is 3. The monoisotopic (exact) mass is 219 g/mol. The molecule has 0 aromatic carbocycles. The second-order valence-electron chi connectivity index (χ2n) is 4.33. The molecule has 0 saturated heterocycles. The van der Waals surface area contributed by atoms with Gasteiger partial charge < -0.3 is 11.1 Å². The molecular weight excluding hydrogens is 202 g/mol. The Hall–Kier alpha value is -1.58. The number of nitrogens with two attached hydrogens (primary N) is 1. The third-order valence-corrected chi connectivity index (χ3v) is 3.07. The molecule has 1 aromatic heterocycles. The van der Waals surface area contributed by atoms with Gasteiger partial charge in [0.1, 0.15) is 5.82 Å². The van der Waals surface area contributed by atoms with E-state index in [-0.39, 0.29) is 5.91 Å². The number of pyridine rings is 1. The number of nitrogens with one attached hydrogen (secondary N) is 1. The molecular formula is C12H17N3O. The van der Waals surface area contributed by atoms with Crippen molar-refractivity contribution in [3.05, 3.63) is 23.9 Å². The van der Waals surface area contributed by atoms with Crippen molar-refractivity contribution < 1.29 is 4.79 Å². The van der Waals surface area contributed by atoms with Gasteiger partial charge in [-0.2, -0.15) is 0 Å². The molecule has 0 spiro atoms. The lowest BCUT2D eigenvalue weighted by atomic mass is 10.1. The topological polar surface area (TPSA) is 68.0 Å². The van der Waals surface area contributed by atoms with Crippen LogP contribution in [0.2, 0.25) is 0 Å². The molecule has 4 nitrogen and oxygen atoms in total. The predicted octanol–water partition coefficient (Wildman–Crippen LogP) is 1.58. The second-order valence-corrected chi connectivity index (χ2v) is 4.33. The number of amides is 1. The van der Waals surface area contributed by atoms with Crippen LogP contribution in [-0.2, 0) is 0 Å². The lowest BCUT2D eigenvalue weighted by Crippen LogP contribution is -2.28. The van der Waals surface area contributed by atoms with Crippen LogP contribution in [0, 0.1) is 5.92 Å². The van der Waals surface area contributed by atoms with E-state index in [0.29, 0.717) is 17.3 Å². The number of nitrogens with zero attached hydrogens (tertiary/aromatic N) is 1. The summed E-state index contributed by atoms with van der Waals surface area (Å²) >= 11 is 0. The molecule has 1 aliphatic carbocycles. The van der Waals surface area contributed by atoms with Gasteiger partial charge in [0.05, 0.1) is 5.56 Å². The highest BCUT2D eigenvalue weighted by atomic mass is 16.1. The fourth-order valence-electron chi connectivity index (χ4n) is 2.09. The predicted molar refractivity (Wildman–Crippen MR) is 62.9 cm³/mol. The summed E-state index contributed by atoms with van der Waals surface area (Å²) < 4.78 is 0. The van der Waals surface area contributed by atoms with E-state index in [4.69, 9.17) is 5.73 Å². The highest BCUT2D eigenvalue weighted by Gasteiger charge is 2.16. The van der Waals surface area contributed by atoms with E-state index in [0.717, 1.165) is 6.54 Å². The van der Waals surface area contributed by atoms with E-state index in [2.05, 4.69) is 10.3 Å². The molecule has 0 atom stereocenters. The molecule has 1 heterocycles.